The zero-order valence-corrected chi connectivity index (χ0v) is 10.2. The molecular formula is C10H14ClN3O2. The van der Waals surface area contributed by atoms with Gasteiger partial charge in [0.2, 0.25) is 11.8 Å². The van der Waals surface area contributed by atoms with Gasteiger partial charge in [-0.25, -0.2) is 0 Å². The van der Waals surface area contributed by atoms with Crippen LogP contribution < -0.4 is 10.1 Å². The second-order valence-electron chi connectivity index (χ2n) is 3.33. The van der Waals surface area contributed by atoms with E-state index < -0.39 is 0 Å². The lowest BCUT2D eigenvalue weighted by atomic mass is 10.4. The van der Waals surface area contributed by atoms with E-state index in [0.29, 0.717) is 16.7 Å². The lowest BCUT2D eigenvalue weighted by Gasteiger charge is -2.13. The molecule has 0 saturated carbocycles. The van der Waals surface area contributed by atoms with E-state index in [2.05, 4.69) is 10.3 Å². The average molecular weight is 244 g/mol. The summed E-state index contributed by atoms with van der Waals surface area (Å²) in [5.41, 5.74) is 0.641. The SMILES string of the molecule is COc1nc(Cl)ccc1NCC(=O)N(C)C. The van der Waals surface area contributed by atoms with Gasteiger partial charge in [-0.1, -0.05) is 11.6 Å². The highest BCUT2D eigenvalue weighted by Crippen LogP contribution is 2.23. The molecule has 0 bridgehead atoms. The summed E-state index contributed by atoms with van der Waals surface area (Å²) in [4.78, 5) is 16.8. The lowest BCUT2D eigenvalue weighted by molar-refractivity contribution is -0.126. The van der Waals surface area contributed by atoms with Gasteiger partial charge in [0.05, 0.1) is 19.3 Å². The number of aromatic nitrogens is 1. The van der Waals surface area contributed by atoms with Gasteiger partial charge in [-0.05, 0) is 12.1 Å². The predicted octanol–water partition coefficient (Wildman–Crippen LogP) is 1.24. The maximum absolute atomic E-state index is 11.4. The Morgan fingerprint density at radius 3 is 2.81 bits per heavy atom. The van der Waals surface area contributed by atoms with Gasteiger partial charge in [0.25, 0.3) is 0 Å². The molecule has 0 atom stereocenters. The zero-order chi connectivity index (χ0) is 12.1. The molecule has 0 fully saturated rings. The molecule has 0 aliphatic heterocycles. The Kier molecular flexibility index (Phi) is 4.37. The number of hydrogen-bond acceptors (Lipinski definition) is 4. The molecular weight excluding hydrogens is 230 g/mol. The van der Waals surface area contributed by atoms with Crippen LogP contribution in [0, 0.1) is 0 Å². The molecule has 1 heterocycles. The number of pyridine rings is 1. The number of ether oxygens (including phenoxy) is 1. The molecule has 5 nitrogen and oxygen atoms in total. The number of hydrogen-bond donors (Lipinski definition) is 1. The van der Waals surface area contributed by atoms with Crippen molar-refractivity contribution in [2.45, 2.75) is 0 Å². The molecule has 0 aliphatic carbocycles. The number of nitrogens with zero attached hydrogens (tertiary/aromatic N) is 2. The van der Waals surface area contributed by atoms with Gasteiger partial charge in [-0.3, -0.25) is 4.79 Å². The third kappa shape index (κ3) is 3.27. The number of amides is 1. The van der Waals surface area contributed by atoms with Crippen molar-refractivity contribution in [2.24, 2.45) is 0 Å². The zero-order valence-electron chi connectivity index (χ0n) is 9.45. The van der Waals surface area contributed by atoms with Gasteiger partial charge in [0, 0.05) is 14.1 Å². The average Bonchev–Trinajstić information content (AvgIpc) is 2.26. The Morgan fingerprint density at radius 2 is 2.25 bits per heavy atom. The second-order valence-corrected chi connectivity index (χ2v) is 3.72. The van der Waals surface area contributed by atoms with Crippen LogP contribution in [0.2, 0.25) is 5.15 Å². The summed E-state index contributed by atoms with van der Waals surface area (Å²) < 4.78 is 5.04. The summed E-state index contributed by atoms with van der Waals surface area (Å²) in [6, 6.07) is 3.35. The van der Waals surface area contributed by atoms with Crippen LogP contribution in [0.25, 0.3) is 0 Å². The van der Waals surface area contributed by atoms with E-state index in [4.69, 9.17) is 16.3 Å². The van der Waals surface area contributed by atoms with Crippen LogP contribution in [0.15, 0.2) is 12.1 Å². The Labute approximate surface area is 99.4 Å². The first kappa shape index (κ1) is 12.6. The van der Waals surface area contributed by atoms with Gasteiger partial charge in [-0.15, -0.1) is 0 Å². The summed E-state index contributed by atoms with van der Waals surface area (Å²) in [5, 5.41) is 3.28. The highest BCUT2D eigenvalue weighted by atomic mass is 35.5. The first-order valence-corrected chi connectivity index (χ1v) is 5.07. The molecule has 0 saturated heterocycles. The number of anilines is 1. The molecule has 88 valence electrons. The van der Waals surface area contributed by atoms with E-state index in [1.54, 1.807) is 26.2 Å². The maximum Gasteiger partial charge on any atom is 0.241 e. The summed E-state index contributed by atoms with van der Waals surface area (Å²) in [6.07, 6.45) is 0. The summed E-state index contributed by atoms with van der Waals surface area (Å²) in [5.74, 6) is 0.344. The summed E-state index contributed by atoms with van der Waals surface area (Å²) in [7, 11) is 4.89. The summed E-state index contributed by atoms with van der Waals surface area (Å²) in [6.45, 7) is 0.187. The molecule has 0 unspecified atom stereocenters. The molecule has 0 radical (unpaired) electrons. The quantitative estimate of drug-likeness (QED) is 0.809. The van der Waals surface area contributed by atoms with Crippen molar-refractivity contribution in [3.05, 3.63) is 17.3 Å². The molecule has 1 aromatic rings. The topological polar surface area (TPSA) is 54.5 Å². The fraction of sp³-hybridized carbons (Fsp3) is 0.400. The minimum atomic E-state index is -0.0306. The molecule has 0 aromatic carbocycles. The van der Waals surface area contributed by atoms with Crippen molar-refractivity contribution in [1.29, 1.82) is 0 Å². The standard InChI is InChI=1S/C10H14ClN3O2/c1-14(2)9(15)6-12-7-4-5-8(11)13-10(7)16-3/h4-5,12H,6H2,1-3H3. The number of halogens is 1. The second kappa shape index (κ2) is 5.55. The van der Waals surface area contributed by atoms with Crippen molar-refractivity contribution in [2.75, 3.05) is 33.1 Å². The third-order valence-electron chi connectivity index (χ3n) is 1.95. The van der Waals surface area contributed by atoms with Crippen molar-refractivity contribution in [1.82, 2.24) is 9.88 Å². The minimum Gasteiger partial charge on any atom is -0.479 e. The Bertz CT molecular complexity index is 382. The number of carbonyl (C=O) groups is 1. The molecule has 1 N–H and O–H groups in total. The van der Waals surface area contributed by atoms with Gasteiger partial charge in [0.15, 0.2) is 0 Å². The summed E-state index contributed by atoms with van der Waals surface area (Å²) >= 11 is 5.71. The number of carbonyl (C=O) groups excluding carboxylic acids is 1. The molecule has 6 heteroatoms. The Morgan fingerprint density at radius 1 is 1.56 bits per heavy atom. The molecule has 0 spiro atoms. The fourth-order valence-electron chi connectivity index (χ4n) is 1.04. The normalized spacial score (nSPS) is 9.75. The van der Waals surface area contributed by atoms with Crippen molar-refractivity contribution in [3.8, 4) is 5.88 Å². The van der Waals surface area contributed by atoms with E-state index in [1.165, 1.54) is 12.0 Å². The first-order valence-electron chi connectivity index (χ1n) is 4.69. The molecule has 0 aliphatic rings. The fourth-order valence-corrected chi connectivity index (χ4v) is 1.18. The Hall–Kier alpha value is -1.49. The van der Waals surface area contributed by atoms with Gasteiger partial charge >= 0.3 is 0 Å². The van der Waals surface area contributed by atoms with Crippen LogP contribution >= 0.6 is 11.6 Å². The minimum absolute atomic E-state index is 0.0306. The highest BCUT2D eigenvalue weighted by Gasteiger charge is 2.08. The van der Waals surface area contributed by atoms with Crippen molar-refractivity contribution < 1.29 is 9.53 Å². The largest absolute Gasteiger partial charge is 0.479 e. The van der Waals surface area contributed by atoms with Crippen LogP contribution in [0.1, 0.15) is 0 Å². The van der Waals surface area contributed by atoms with Gasteiger partial charge in [-0.2, -0.15) is 4.98 Å². The monoisotopic (exact) mass is 243 g/mol. The van der Waals surface area contributed by atoms with Gasteiger partial charge < -0.3 is 15.0 Å². The third-order valence-corrected chi connectivity index (χ3v) is 2.16. The number of nitrogens with one attached hydrogen (secondary N) is 1. The van der Waals surface area contributed by atoms with Crippen LogP contribution in [0.3, 0.4) is 0 Å². The van der Waals surface area contributed by atoms with E-state index in [-0.39, 0.29) is 12.5 Å². The first-order chi connectivity index (χ1) is 7.54. The predicted molar refractivity (Wildman–Crippen MR) is 63.0 cm³/mol. The Balaban J connectivity index is 2.70. The number of likely N-dealkylation sites (N-methyl/N-ethyl adjacent to an activating group) is 1. The van der Waals surface area contributed by atoms with Crippen LogP contribution in [-0.4, -0.2) is 43.5 Å². The van der Waals surface area contributed by atoms with Crippen molar-refractivity contribution in [3.63, 3.8) is 0 Å². The van der Waals surface area contributed by atoms with E-state index >= 15 is 0 Å². The molecule has 1 amide bonds. The van der Waals surface area contributed by atoms with E-state index in [1.807, 2.05) is 0 Å². The number of rotatable bonds is 4. The molecule has 16 heavy (non-hydrogen) atoms. The number of methoxy groups -OCH3 is 1. The lowest BCUT2D eigenvalue weighted by Crippen LogP contribution is -2.28. The van der Waals surface area contributed by atoms with E-state index in [9.17, 15) is 4.79 Å². The molecule has 1 rings (SSSR count). The van der Waals surface area contributed by atoms with E-state index in [0.717, 1.165) is 0 Å². The van der Waals surface area contributed by atoms with Crippen LogP contribution in [-0.2, 0) is 4.79 Å². The molecule has 1 aromatic heterocycles. The van der Waals surface area contributed by atoms with Crippen LogP contribution in [0.4, 0.5) is 5.69 Å². The van der Waals surface area contributed by atoms with Gasteiger partial charge in [0.1, 0.15) is 5.15 Å². The van der Waals surface area contributed by atoms with Crippen molar-refractivity contribution >= 4 is 23.2 Å². The smallest absolute Gasteiger partial charge is 0.241 e. The highest BCUT2D eigenvalue weighted by molar-refractivity contribution is 6.29. The van der Waals surface area contributed by atoms with Crippen LogP contribution in [0.5, 0.6) is 5.88 Å². The maximum atomic E-state index is 11.4.